The first kappa shape index (κ1) is 22.5. The molecule has 8 heteroatoms. The van der Waals surface area contributed by atoms with Crippen LogP contribution in [0.4, 0.5) is 5.69 Å². The third-order valence-electron chi connectivity index (χ3n) is 4.06. The van der Waals surface area contributed by atoms with E-state index in [1.165, 1.54) is 0 Å². The van der Waals surface area contributed by atoms with Crippen molar-refractivity contribution in [2.45, 2.75) is 26.9 Å². The Morgan fingerprint density at radius 1 is 1.10 bits per heavy atom. The minimum atomic E-state index is -3.35. The summed E-state index contributed by atoms with van der Waals surface area (Å²) in [5.74, 6) is 1.60. The van der Waals surface area contributed by atoms with Crippen LogP contribution in [0.5, 0.6) is 5.75 Å². The van der Waals surface area contributed by atoms with Crippen molar-refractivity contribution in [3.8, 4) is 5.75 Å². The summed E-state index contributed by atoms with van der Waals surface area (Å²) in [4.78, 5) is 6.72. The molecule has 0 heterocycles. The zero-order chi connectivity index (χ0) is 21.3. The van der Waals surface area contributed by atoms with Crippen molar-refractivity contribution in [1.82, 2.24) is 10.2 Å². The van der Waals surface area contributed by atoms with Gasteiger partial charge in [0.25, 0.3) is 0 Å². The molecular weight excluding hydrogens is 388 g/mol. The van der Waals surface area contributed by atoms with Gasteiger partial charge in [-0.1, -0.05) is 30.3 Å². The van der Waals surface area contributed by atoms with Gasteiger partial charge in [-0.05, 0) is 43.2 Å². The van der Waals surface area contributed by atoms with Gasteiger partial charge in [-0.15, -0.1) is 0 Å². The second kappa shape index (κ2) is 10.7. The molecule has 0 fully saturated rings. The van der Waals surface area contributed by atoms with Crippen LogP contribution in [-0.4, -0.2) is 45.7 Å². The van der Waals surface area contributed by atoms with Crippen molar-refractivity contribution < 1.29 is 13.2 Å². The van der Waals surface area contributed by atoms with Crippen molar-refractivity contribution >= 4 is 21.7 Å². The van der Waals surface area contributed by atoms with E-state index in [-0.39, 0.29) is 0 Å². The van der Waals surface area contributed by atoms with Gasteiger partial charge in [0.05, 0.1) is 25.1 Å². The number of hydrogen-bond acceptors (Lipinski definition) is 4. The highest BCUT2D eigenvalue weighted by atomic mass is 32.2. The summed E-state index contributed by atoms with van der Waals surface area (Å²) < 4.78 is 31.2. The molecule has 0 saturated heterocycles. The first-order valence-electron chi connectivity index (χ1n) is 9.59. The predicted octanol–water partition coefficient (Wildman–Crippen LogP) is 3.05. The molecule has 0 aliphatic rings. The zero-order valence-corrected chi connectivity index (χ0v) is 18.3. The molecule has 7 nitrogen and oxygen atoms in total. The molecule has 2 rings (SSSR count). The zero-order valence-electron chi connectivity index (χ0n) is 17.5. The summed E-state index contributed by atoms with van der Waals surface area (Å²) in [5, 5.41) is 3.28. The summed E-state index contributed by atoms with van der Waals surface area (Å²) in [6.45, 7) is 6.39. The number of nitrogens with zero attached hydrogens (tertiary/aromatic N) is 2. The van der Waals surface area contributed by atoms with Crippen molar-refractivity contribution in [3.63, 3.8) is 0 Å². The topological polar surface area (TPSA) is 83.0 Å². The molecule has 0 aliphatic heterocycles. The van der Waals surface area contributed by atoms with Gasteiger partial charge >= 0.3 is 0 Å². The number of hydrogen-bond donors (Lipinski definition) is 2. The molecule has 2 aromatic carbocycles. The lowest BCUT2D eigenvalue weighted by atomic mass is 10.2. The largest absolute Gasteiger partial charge is 0.494 e. The fourth-order valence-corrected chi connectivity index (χ4v) is 3.39. The smallest absolute Gasteiger partial charge is 0.229 e. The number of nitrogens with one attached hydrogen (secondary N) is 2. The minimum absolute atomic E-state index is 0.356. The number of guanidine groups is 1. The van der Waals surface area contributed by atoms with Crippen LogP contribution in [0.1, 0.15) is 25.0 Å². The number of ether oxygens (including phenoxy) is 1. The molecule has 29 heavy (non-hydrogen) atoms. The molecule has 0 atom stereocenters. The number of benzene rings is 2. The van der Waals surface area contributed by atoms with Gasteiger partial charge in [0.2, 0.25) is 10.0 Å². The quantitative estimate of drug-likeness (QED) is 0.483. The van der Waals surface area contributed by atoms with Crippen LogP contribution in [0.25, 0.3) is 0 Å². The van der Waals surface area contributed by atoms with Crippen molar-refractivity contribution in [3.05, 3.63) is 59.7 Å². The van der Waals surface area contributed by atoms with E-state index < -0.39 is 10.0 Å². The Hall–Kier alpha value is -2.74. The normalized spacial score (nSPS) is 11.8. The Bertz CT molecular complexity index is 912. The molecule has 0 radical (unpaired) electrons. The molecule has 158 valence electrons. The third-order valence-corrected chi connectivity index (χ3v) is 4.65. The SMILES string of the molecule is CCNC(=NCc1ccccc1NS(C)(=O)=O)N(C)Cc1ccc(OCC)cc1. The fraction of sp³-hybridized carbons (Fsp3) is 0.381. The van der Waals surface area contributed by atoms with Gasteiger partial charge < -0.3 is 15.0 Å². The average molecular weight is 419 g/mol. The maximum atomic E-state index is 11.6. The van der Waals surface area contributed by atoms with Crippen LogP contribution in [-0.2, 0) is 23.1 Å². The van der Waals surface area contributed by atoms with E-state index in [1.807, 2.05) is 62.2 Å². The summed E-state index contributed by atoms with van der Waals surface area (Å²) in [7, 11) is -1.38. The third kappa shape index (κ3) is 7.65. The minimum Gasteiger partial charge on any atom is -0.494 e. The number of sulfonamides is 1. The average Bonchev–Trinajstić information content (AvgIpc) is 2.66. The van der Waals surface area contributed by atoms with Crippen LogP contribution in [0.15, 0.2) is 53.5 Å². The Kier molecular flexibility index (Phi) is 8.33. The van der Waals surface area contributed by atoms with Crippen molar-refractivity contribution in [2.24, 2.45) is 4.99 Å². The molecule has 0 unspecified atom stereocenters. The molecule has 2 N–H and O–H groups in total. The molecule has 2 aromatic rings. The maximum absolute atomic E-state index is 11.6. The number of anilines is 1. The van der Waals surface area contributed by atoms with Gasteiger partial charge in [0.1, 0.15) is 5.75 Å². The summed E-state index contributed by atoms with van der Waals surface area (Å²) in [6, 6.07) is 15.3. The highest BCUT2D eigenvalue weighted by Gasteiger charge is 2.10. The Labute approximate surface area is 173 Å². The molecule has 0 saturated carbocycles. The van der Waals surface area contributed by atoms with E-state index in [4.69, 9.17) is 4.74 Å². The van der Waals surface area contributed by atoms with Crippen molar-refractivity contribution in [2.75, 3.05) is 31.2 Å². The van der Waals surface area contributed by atoms with E-state index in [0.717, 1.165) is 35.6 Å². The van der Waals surface area contributed by atoms with Crippen LogP contribution < -0.4 is 14.8 Å². The Balaban J connectivity index is 2.13. The molecule has 0 bridgehead atoms. The van der Waals surface area contributed by atoms with E-state index >= 15 is 0 Å². The van der Waals surface area contributed by atoms with Crippen LogP contribution >= 0.6 is 0 Å². The van der Waals surface area contributed by atoms with E-state index in [0.29, 0.717) is 25.4 Å². The van der Waals surface area contributed by atoms with E-state index in [1.54, 1.807) is 12.1 Å². The molecule has 0 amide bonds. The van der Waals surface area contributed by atoms with Gasteiger partial charge in [0.15, 0.2) is 5.96 Å². The molecular formula is C21H30N4O3S. The Morgan fingerprint density at radius 3 is 2.41 bits per heavy atom. The van der Waals surface area contributed by atoms with E-state index in [9.17, 15) is 8.42 Å². The highest BCUT2D eigenvalue weighted by molar-refractivity contribution is 7.92. The number of rotatable bonds is 9. The summed E-state index contributed by atoms with van der Waals surface area (Å²) >= 11 is 0. The lowest BCUT2D eigenvalue weighted by Crippen LogP contribution is -2.38. The predicted molar refractivity (Wildman–Crippen MR) is 119 cm³/mol. The molecule has 0 aliphatic carbocycles. The fourth-order valence-electron chi connectivity index (χ4n) is 2.79. The van der Waals surface area contributed by atoms with Crippen LogP contribution in [0.3, 0.4) is 0 Å². The monoisotopic (exact) mass is 418 g/mol. The van der Waals surface area contributed by atoms with Gasteiger partial charge in [-0.25, -0.2) is 13.4 Å². The summed E-state index contributed by atoms with van der Waals surface area (Å²) in [5.41, 5.74) is 2.49. The molecule has 0 spiro atoms. The first-order valence-corrected chi connectivity index (χ1v) is 11.5. The number of aliphatic imine (C=N–C) groups is 1. The lowest BCUT2D eigenvalue weighted by Gasteiger charge is -2.22. The number of para-hydroxylation sites is 1. The molecule has 0 aromatic heterocycles. The standard InChI is InChI=1S/C21H30N4O3S/c1-5-22-21(25(3)16-17-11-13-19(14-12-17)28-6-2)23-15-18-9-7-8-10-20(18)24-29(4,26)27/h7-14,24H,5-6,15-16H2,1-4H3,(H,22,23). The van der Waals surface area contributed by atoms with Crippen LogP contribution in [0.2, 0.25) is 0 Å². The van der Waals surface area contributed by atoms with Gasteiger partial charge in [-0.3, -0.25) is 4.72 Å². The van der Waals surface area contributed by atoms with Gasteiger partial charge in [0, 0.05) is 20.1 Å². The van der Waals surface area contributed by atoms with Crippen molar-refractivity contribution in [1.29, 1.82) is 0 Å². The second-order valence-corrected chi connectivity index (χ2v) is 8.38. The van der Waals surface area contributed by atoms with Gasteiger partial charge in [-0.2, -0.15) is 0 Å². The highest BCUT2D eigenvalue weighted by Crippen LogP contribution is 2.18. The van der Waals surface area contributed by atoms with Crippen LogP contribution in [0, 0.1) is 0 Å². The summed E-state index contributed by atoms with van der Waals surface area (Å²) in [6.07, 6.45) is 1.14. The first-order chi connectivity index (χ1) is 13.8. The van der Waals surface area contributed by atoms with E-state index in [2.05, 4.69) is 15.0 Å². The lowest BCUT2D eigenvalue weighted by molar-refractivity contribution is 0.340. The second-order valence-electron chi connectivity index (χ2n) is 6.63. The maximum Gasteiger partial charge on any atom is 0.229 e. The Morgan fingerprint density at radius 2 is 1.79 bits per heavy atom.